The number of anilines is 1. The van der Waals surface area contributed by atoms with Gasteiger partial charge in [0.15, 0.2) is 5.13 Å². The van der Waals surface area contributed by atoms with Gasteiger partial charge in [-0.3, -0.25) is 9.48 Å². The van der Waals surface area contributed by atoms with Gasteiger partial charge in [-0.2, -0.15) is 5.10 Å². The van der Waals surface area contributed by atoms with Gasteiger partial charge in [0.05, 0.1) is 18.2 Å². The zero-order valence-electron chi connectivity index (χ0n) is 15.9. The van der Waals surface area contributed by atoms with E-state index in [9.17, 15) is 9.18 Å². The van der Waals surface area contributed by atoms with Crippen LogP contribution in [0.2, 0.25) is 0 Å². The maximum absolute atomic E-state index is 13.8. The first kappa shape index (κ1) is 19.2. The molecule has 0 aliphatic heterocycles. The van der Waals surface area contributed by atoms with E-state index >= 15 is 0 Å². The van der Waals surface area contributed by atoms with Crippen molar-refractivity contribution in [3.63, 3.8) is 0 Å². The summed E-state index contributed by atoms with van der Waals surface area (Å²) in [6, 6.07) is 6.68. The van der Waals surface area contributed by atoms with Gasteiger partial charge < -0.3 is 5.32 Å². The molecule has 3 aromatic rings. The fraction of sp³-hybridized carbons (Fsp3) is 0.350. The quantitative estimate of drug-likeness (QED) is 0.688. The third-order valence-corrected chi connectivity index (χ3v) is 5.66. The van der Waals surface area contributed by atoms with Crippen LogP contribution in [0.25, 0.3) is 0 Å². The number of benzene rings is 1. The van der Waals surface area contributed by atoms with Gasteiger partial charge >= 0.3 is 0 Å². The summed E-state index contributed by atoms with van der Waals surface area (Å²) in [5.74, 6) is -0.585. The third kappa shape index (κ3) is 4.42. The van der Waals surface area contributed by atoms with E-state index in [1.807, 2.05) is 38.4 Å². The van der Waals surface area contributed by atoms with E-state index in [0.717, 1.165) is 21.8 Å². The summed E-state index contributed by atoms with van der Waals surface area (Å²) in [4.78, 5) is 17.6. The number of amides is 1. The Morgan fingerprint density at radius 1 is 1.30 bits per heavy atom. The summed E-state index contributed by atoms with van der Waals surface area (Å²) in [5.41, 5.74) is 3.83. The van der Waals surface area contributed by atoms with Crippen LogP contribution >= 0.6 is 11.3 Å². The van der Waals surface area contributed by atoms with Crippen LogP contribution in [-0.2, 0) is 17.8 Å². The molecule has 3 rings (SSSR count). The average Bonchev–Trinajstić information content (AvgIpc) is 3.17. The summed E-state index contributed by atoms with van der Waals surface area (Å²) in [7, 11) is 0. The Balaban J connectivity index is 1.61. The second-order valence-electron chi connectivity index (χ2n) is 6.77. The molecule has 0 saturated heterocycles. The molecule has 27 heavy (non-hydrogen) atoms. The van der Waals surface area contributed by atoms with Gasteiger partial charge in [0.2, 0.25) is 5.91 Å². The van der Waals surface area contributed by atoms with E-state index in [1.165, 1.54) is 17.4 Å². The Morgan fingerprint density at radius 2 is 2.04 bits per heavy atom. The molecule has 0 bridgehead atoms. The Kier molecular flexibility index (Phi) is 5.70. The highest BCUT2D eigenvalue weighted by Crippen LogP contribution is 2.23. The molecule has 0 aliphatic rings. The van der Waals surface area contributed by atoms with Crippen molar-refractivity contribution in [3.8, 4) is 0 Å². The standard InChI is InChI=1S/C20H23FN4OS/c1-12(11-25-15(4)13(2)14(3)24-25)19(26)23-20-22-10-17(27-20)9-16-7-5-6-8-18(16)21/h5-8,10,12H,9,11H2,1-4H3,(H,22,23,26). The van der Waals surface area contributed by atoms with Gasteiger partial charge in [-0.25, -0.2) is 9.37 Å². The lowest BCUT2D eigenvalue weighted by Crippen LogP contribution is -2.25. The molecule has 1 atom stereocenters. The van der Waals surface area contributed by atoms with Crippen LogP contribution in [0, 0.1) is 32.5 Å². The zero-order valence-corrected chi connectivity index (χ0v) is 16.7. The van der Waals surface area contributed by atoms with Gasteiger partial charge in [-0.1, -0.05) is 25.1 Å². The lowest BCUT2D eigenvalue weighted by Gasteiger charge is -2.12. The second-order valence-corrected chi connectivity index (χ2v) is 7.88. The number of nitrogens with one attached hydrogen (secondary N) is 1. The van der Waals surface area contributed by atoms with Crippen LogP contribution in [0.15, 0.2) is 30.5 Å². The summed E-state index contributed by atoms with van der Waals surface area (Å²) in [5, 5.41) is 7.87. The molecule has 1 aromatic carbocycles. The molecule has 1 N–H and O–H groups in total. The maximum atomic E-state index is 13.8. The molecule has 0 radical (unpaired) electrons. The summed E-state index contributed by atoms with van der Waals surface area (Å²) in [6.45, 7) is 8.40. The van der Waals surface area contributed by atoms with Crippen molar-refractivity contribution in [2.75, 3.05) is 5.32 Å². The minimum atomic E-state index is -0.249. The average molecular weight is 386 g/mol. The van der Waals surface area contributed by atoms with E-state index in [0.29, 0.717) is 23.7 Å². The minimum Gasteiger partial charge on any atom is -0.302 e. The van der Waals surface area contributed by atoms with E-state index in [2.05, 4.69) is 15.4 Å². The molecular weight excluding hydrogens is 363 g/mol. The van der Waals surface area contributed by atoms with Crippen molar-refractivity contribution in [2.24, 2.45) is 5.92 Å². The smallest absolute Gasteiger partial charge is 0.230 e. The van der Waals surface area contributed by atoms with Gasteiger partial charge in [-0.05, 0) is 38.0 Å². The normalized spacial score (nSPS) is 12.2. The fourth-order valence-electron chi connectivity index (χ4n) is 2.81. The second kappa shape index (κ2) is 8.00. The number of carbonyl (C=O) groups excluding carboxylic acids is 1. The molecule has 1 amide bonds. The SMILES string of the molecule is Cc1nn(CC(C)C(=O)Nc2ncc(Cc3ccccc3F)s2)c(C)c1C. The van der Waals surface area contributed by atoms with Crippen molar-refractivity contribution < 1.29 is 9.18 Å². The molecule has 1 unspecified atom stereocenters. The first-order valence-corrected chi connectivity index (χ1v) is 9.66. The molecule has 2 heterocycles. The minimum absolute atomic E-state index is 0.105. The number of rotatable bonds is 6. The molecule has 5 nitrogen and oxygen atoms in total. The van der Waals surface area contributed by atoms with Crippen LogP contribution in [0.1, 0.15) is 34.3 Å². The third-order valence-electron chi connectivity index (χ3n) is 4.74. The van der Waals surface area contributed by atoms with E-state index in [4.69, 9.17) is 0 Å². The number of nitrogens with zero attached hydrogens (tertiary/aromatic N) is 3. The molecule has 0 saturated carbocycles. The first-order chi connectivity index (χ1) is 12.8. The van der Waals surface area contributed by atoms with E-state index < -0.39 is 0 Å². The summed E-state index contributed by atoms with van der Waals surface area (Å²) in [6.07, 6.45) is 2.14. The van der Waals surface area contributed by atoms with E-state index in [1.54, 1.807) is 18.3 Å². The lowest BCUT2D eigenvalue weighted by atomic mass is 10.1. The van der Waals surface area contributed by atoms with Crippen molar-refractivity contribution >= 4 is 22.4 Å². The molecule has 2 aromatic heterocycles. The number of halogens is 1. The van der Waals surface area contributed by atoms with Crippen LogP contribution in [0.4, 0.5) is 9.52 Å². The number of hydrogen-bond donors (Lipinski definition) is 1. The Morgan fingerprint density at radius 3 is 2.70 bits per heavy atom. The predicted molar refractivity (Wildman–Crippen MR) is 106 cm³/mol. The molecule has 0 spiro atoms. The molecule has 142 valence electrons. The Labute approximate surface area is 162 Å². The topological polar surface area (TPSA) is 59.8 Å². The van der Waals surface area contributed by atoms with Crippen molar-refractivity contribution in [3.05, 3.63) is 63.7 Å². The molecule has 0 fully saturated rings. The molecule has 0 aliphatic carbocycles. The highest BCUT2D eigenvalue weighted by atomic mass is 32.1. The number of thiazole rings is 1. The molecule has 7 heteroatoms. The highest BCUT2D eigenvalue weighted by molar-refractivity contribution is 7.15. The van der Waals surface area contributed by atoms with E-state index in [-0.39, 0.29) is 17.6 Å². The number of carbonyl (C=O) groups is 1. The predicted octanol–water partition coefficient (Wildman–Crippen LogP) is 4.27. The van der Waals surface area contributed by atoms with Crippen LogP contribution in [0.5, 0.6) is 0 Å². The van der Waals surface area contributed by atoms with Crippen molar-refractivity contribution in [1.82, 2.24) is 14.8 Å². The number of aryl methyl sites for hydroxylation is 1. The van der Waals surface area contributed by atoms with Crippen molar-refractivity contribution in [1.29, 1.82) is 0 Å². The summed E-state index contributed by atoms with van der Waals surface area (Å²) < 4.78 is 15.6. The van der Waals surface area contributed by atoms with Crippen LogP contribution in [-0.4, -0.2) is 20.7 Å². The van der Waals surface area contributed by atoms with Gasteiger partial charge in [-0.15, -0.1) is 11.3 Å². The highest BCUT2D eigenvalue weighted by Gasteiger charge is 2.18. The van der Waals surface area contributed by atoms with Gasteiger partial charge in [0.25, 0.3) is 0 Å². The van der Waals surface area contributed by atoms with Crippen molar-refractivity contribution in [2.45, 2.75) is 40.7 Å². The fourth-order valence-corrected chi connectivity index (χ4v) is 3.65. The molecular formula is C20H23FN4OS. The first-order valence-electron chi connectivity index (χ1n) is 8.84. The monoisotopic (exact) mass is 386 g/mol. The van der Waals surface area contributed by atoms with Gasteiger partial charge in [0.1, 0.15) is 5.82 Å². The van der Waals surface area contributed by atoms with Crippen LogP contribution in [0.3, 0.4) is 0 Å². The summed E-state index contributed by atoms with van der Waals surface area (Å²) >= 11 is 1.37. The zero-order chi connectivity index (χ0) is 19.6. The maximum Gasteiger partial charge on any atom is 0.230 e. The lowest BCUT2D eigenvalue weighted by molar-refractivity contribution is -0.119. The Hall–Kier alpha value is -2.54. The number of aromatic nitrogens is 3. The number of hydrogen-bond acceptors (Lipinski definition) is 4. The largest absolute Gasteiger partial charge is 0.302 e. The van der Waals surface area contributed by atoms with Crippen LogP contribution < -0.4 is 5.32 Å². The Bertz CT molecular complexity index is 963. The van der Waals surface area contributed by atoms with Gasteiger partial charge in [0, 0.05) is 23.2 Å².